The molecule has 3 heteroatoms. The van der Waals surface area contributed by atoms with Gasteiger partial charge < -0.3 is 0 Å². The van der Waals surface area contributed by atoms with E-state index in [1.165, 1.54) is 5.56 Å². The second-order valence-electron chi connectivity index (χ2n) is 2.79. The van der Waals surface area contributed by atoms with E-state index in [0.29, 0.717) is 0 Å². The van der Waals surface area contributed by atoms with Crippen LogP contribution in [0.5, 0.6) is 0 Å². The van der Waals surface area contributed by atoms with E-state index in [2.05, 4.69) is 29.2 Å². The van der Waals surface area contributed by atoms with Gasteiger partial charge in [0.2, 0.25) is 0 Å². The normalized spacial score (nSPS) is 13.7. The Morgan fingerprint density at radius 3 is 2.50 bits per heavy atom. The van der Waals surface area contributed by atoms with Gasteiger partial charge in [-0.3, -0.25) is 0 Å². The number of halogens is 1. The third-order valence-corrected chi connectivity index (χ3v) is 4.41. The molecule has 0 spiro atoms. The third kappa shape index (κ3) is 3.06. The number of hydrogen-bond acceptors (Lipinski definition) is 1. The summed E-state index contributed by atoms with van der Waals surface area (Å²) in [6, 6.07) is 7.71. The molecule has 1 aromatic carbocycles. The van der Waals surface area contributed by atoms with E-state index in [1.807, 2.05) is 31.2 Å². The molecule has 1 aromatic rings. The molecule has 0 fully saturated rings. The Labute approximate surface area is 101 Å². The van der Waals surface area contributed by atoms with Crippen LogP contribution in [-0.2, 0) is 10.8 Å². The molecule has 0 heterocycles. The van der Waals surface area contributed by atoms with Crippen molar-refractivity contribution < 1.29 is 4.21 Å². The zero-order valence-electron chi connectivity index (χ0n) is 7.87. The van der Waals surface area contributed by atoms with Crippen LogP contribution in [0.3, 0.4) is 0 Å². The van der Waals surface area contributed by atoms with E-state index in [1.54, 1.807) is 12.2 Å². The summed E-state index contributed by atoms with van der Waals surface area (Å²) in [5.41, 5.74) is 1.17. The van der Waals surface area contributed by atoms with Crippen molar-refractivity contribution in [1.82, 2.24) is 0 Å². The highest BCUT2D eigenvalue weighted by atomic mass is 127. The molecular weight excluding hydrogens is 307 g/mol. The minimum Gasteiger partial charge on any atom is -0.249 e. The van der Waals surface area contributed by atoms with Gasteiger partial charge in [0.25, 0.3) is 0 Å². The number of aryl methyl sites for hydroxylation is 1. The SMILES string of the molecule is C=C/C=C(\I)S(=O)c1ccc(C)cc1. The van der Waals surface area contributed by atoms with Gasteiger partial charge >= 0.3 is 0 Å². The molecule has 1 atom stereocenters. The second-order valence-corrected chi connectivity index (χ2v) is 6.13. The van der Waals surface area contributed by atoms with Crippen molar-refractivity contribution in [2.24, 2.45) is 0 Å². The average Bonchev–Trinajstić information content (AvgIpc) is 2.18. The van der Waals surface area contributed by atoms with E-state index < -0.39 is 10.8 Å². The van der Waals surface area contributed by atoms with Gasteiger partial charge in [0, 0.05) is 4.90 Å². The van der Waals surface area contributed by atoms with E-state index in [4.69, 9.17) is 0 Å². The van der Waals surface area contributed by atoms with Crippen LogP contribution in [0.4, 0.5) is 0 Å². The van der Waals surface area contributed by atoms with Crippen molar-refractivity contribution in [2.75, 3.05) is 0 Å². The number of hydrogen-bond donors (Lipinski definition) is 0. The summed E-state index contributed by atoms with van der Waals surface area (Å²) in [6.07, 6.45) is 3.41. The molecule has 0 aromatic heterocycles. The highest BCUT2D eigenvalue weighted by Crippen LogP contribution is 2.20. The fraction of sp³-hybridized carbons (Fsp3) is 0.0909. The first-order chi connectivity index (χ1) is 6.65. The van der Waals surface area contributed by atoms with Gasteiger partial charge in [-0.2, -0.15) is 0 Å². The summed E-state index contributed by atoms with van der Waals surface area (Å²) in [5.74, 6) is 0. The quantitative estimate of drug-likeness (QED) is 0.615. The van der Waals surface area contributed by atoms with Crippen LogP contribution in [0.15, 0.2) is 50.8 Å². The molecule has 1 rings (SSSR count). The molecular formula is C11H11IOS. The second kappa shape index (κ2) is 5.46. The van der Waals surface area contributed by atoms with E-state index >= 15 is 0 Å². The van der Waals surface area contributed by atoms with Crippen molar-refractivity contribution in [3.8, 4) is 0 Å². The van der Waals surface area contributed by atoms with E-state index in [0.717, 1.165) is 7.81 Å². The van der Waals surface area contributed by atoms with Crippen molar-refractivity contribution in [1.29, 1.82) is 0 Å². The minimum atomic E-state index is -1.06. The van der Waals surface area contributed by atoms with Gasteiger partial charge in [-0.1, -0.05) is 30.4 Å². The lowest BCUT2D eigenvalue weighted by Crippen LogP contribution is -1.90. The molecule has 0 radical (unpaired) electrons. The summed E-state index contributed by atoms with van der Waals surface area (Å²) in [4.78, 5) is 0.832. The Morgan fingerprint density at radius 1 is 1.43 bits per heavy atom. The van der Waals surface area contributed by atoms with Crippen LogP contribution in [0.25, 0.3) is 0 Å². The highest BCUT2D eigenvalue weighted by molar-refractivity contribution is 14.1. The van der Waals surface area contributed by atoms with Crippen LogP contribution in [0, 0.1) is 6.92 Å². The average molecular weight is 318 g/mol. The van der Waals surface area contributed by atoms with Gasteiger partial charge in [0.1, 0.15) is 0 Å². The molecule has 0 saturated carbocycles. The molecule has 0 amide bonds. The van der Waals surface area contributed by atoms with Crippen molar-refractivity contribution >= 4 is 33.4 Å². The topological polar surface area (TPSA) is 17.1 Å². The molecule has 1 nitrogen and oxygen atoms in total. The van der Waals surface area contributed by atoms with Gasteiger partial charge in [-0.25, -0.2) is 4.21 Å². The van der Waals surface area contributed by atoms with Crippen LogP contribution >= 0.6 is 22.6 Å². The molecule has 1 unspecified atom stereocenters. The minimum absolute atomic E-state index is 0.793. The smallest absolute Gasteiger partial charge is 0.0911 e. The molecule has 0 bridgehead atoms. The van der Waals surface area contributed by atoms with Gasteiger partial charge in [-0.05, 0) is 47.7 Å². The standard InChI is InChI=1S/C11H11IOS/c1-3-4-11(12)14(13)10-7-5-9(2)6-8-10/h3-8H,1H2,2H3/b11-4+. The number of benzene rings is 1. The van der Waals surface area contributed by atoms with Crippen LogP contribution in [-0.4, -0.2) is 4.21 Å². The number of allylic oxidation sites excluding steroid dienone is 2. The predicted octanol–water partition coefficient (Wildman–Crippen LogP) is 3.57. The molecule has 0 aliphatic heterocycles. The molecule has 74 valence electrons. The molecule has 0 saturated heterocycles. The first-order valence-electron chi connectivity index (χ1n) is 4.12. The zero-order chi connectivity index (χ0) is 10.6. The first-order valence-corrected chi connectivity index (χ1v) is 6.34. The van der Waals surface area contributed by atoms with Crippen molar-refractivity contribution in [3.63, 3.8) is 0 Å². The molecule has 0 aliphatic rings. The molecule has 0 aliphatic carbocycles. The number of rotatable bonds is 3. The van der Waals surface area contributed by atoms with Crippen LogP contribution in [0.2, 0.25) is 0 Å². The Balaban J connectivity index is 2.95. The van der Waals surface area contributed by atoms with Crippen molar-refractivity contribution in [2.45, 2.75) is 11.8 Å². The maximum Gasteiger partial charge on any atom is 0.0911 e. The highest BCUT2D eigenvalue weighted by Gasteiger charge is 2.05. The fourth-order valence-corrected chi connectivity index (χ4v) is 2.77. The lowest BCUT2D eigenvalue weighted by molar-refractivity contribution is 0.688. The maximum absolute atomic E-state index is 11.8. The molecule has 14 heavy (non-hydrogen) atoms. The Morgan fingerprint density at radius 2 is 2.00 bits per heavy atom. The van der Waals surface area contributed by atoms with Gasteiger partial charge in [0.05, 0.1) is 13.7 Å². The summed E-state index contributed by atoms with van der Waals surface area (Å²) < 4.78 is 12.6. The predicted molar refractivity (Wildman–Crippen MR) is 69.9 cm³/mol. The van der Waals surface area contributed by atoms with E-state index in [9.17, 15) is 4.21 Å². The summed E-state index contributed by atoms with van der Waals surface area (Å²) in [7, 11) is -1.06. The van der Waals surface area contributed by atoms with Gasteiger partial charge in [-0.15, -0.1) is 0 Å². The first kappa shape index (κ1) is 11.7. The Kier molecular flexibility index (Phi) is 4.54. The van der Waals surface area contributed by atoms with Gasteiger partial charge in [0.15, 0.2) is 0 Å². The monoisotopic (exact) mass is 318 g/mol. The van der Waals surface area contributed by atoms with Crippen molar-refractivity contribution in [3.05, 3.63) is 51.5 Å². The molecule has 0 N–H and O–H groups in total. The fourth-order valence-electron chi connectivity index (χ4n) is 0.929. The third-order valence-electron chi connectivity index (χ3n) is 1.66. The van der Waals surface area contributed by atoms with Crippen LogP contribution in [0.1, 0.15) is 5.56 Å². The summed E-state index contributed by atoms with van der Waals surface area (Å²) in [5, 5.41) is 0. The lowest BCUT2D eigenvalue weighted by Gasteiger charge is -2.00. The summed E-state index contributed by atoms with van der Waals surface area (Å²) >= 11 is 2.07. The van der Waals surface area contributed by atoms with Crippen LogP contribution < -0.4 is 0 Å². The Hall–Kier alpha value is -0.420. The largest absolute Gasteiger partial charge is 0.249 e. The zero-order valence-corrected chi connectivity index (χ0v) is 10.8. The summed E-state index contributed by atoms with van der Waals surface area (Å²) in [6.45, 7) is 5.59. The van der Waals surface area contributed by atoms with E-state index in [-0.39, 0.29) is 0 Å². The maximum atomic E-state index is 11.8. The Bertz CT molecular complexity index is 379. The lowest BCUT2D eigenvalue weighted by atomic mass is 10.2.